The summed E-state index contributed by atoms with van der Waals surface area (Å²) >= 11 is 0. The minimum Gasteiger partial charge on any atom is -0.472 e. The van der Waals surface area contributed by atoms with Crippen LogP contribution in [0, 0.1) is 22.7 Å². The quantitative estimate of drug-likeness (QED) is 0.907. The highest BCUT2D eigenvalue weighted by Crippen LogP contribution is 2.61. The molecule has 3 heteroatoms. The highest BCUT2D eigenvalue weighted by Gasteiger charge is 2.56. The van der Waals surface area contributed by atoms with Crippen LogP contribution in [0.5, 0.6) is 0 Å². The Labute approximate surface area is 138 Å². The van der Waals surface area contributed by atoms with Crippen LogP contribution >= 0.6 is 0 Å². The molecule has 0 bridgehead atoms. The summed E-state index contributed by atoms with van der Waals surface area (Å²) in [6.07, 6.45) is 9.92. The Hall–Kier alpha value is -1.35. The van der Waals surface area contributed by atoms with Gasteiger partial charge in [-0.1, -0.05) is 19.4 Å². The van der Waals surface area contributed by atoms with Crippen molar-refractivity contribution >= 4 is 5.78 Å². The van der Waals surface area contributed by atoms with Crippen LogP contribution < -0.4 is 0 Å². The van der Waals surface area contributed by atoms with E-state index in [0.29, 0.717) is 12.3 Å². The van der Waals surface area contributed by atoms with Crippen LogP contribution in [0.15, 0.2) is 34.7 Å². The fraction of sp³-hybridized carbons (Fsp3) is 0.650. The zero-order valence-electron chi connectivity index (χ0n) is 14.5. The van der Waals surface area contributed by atoms with Crippen LogP contribution in [-0.4, -0.2) is 17.5 Å². The van der Waals surface area contributed by atoms with E-state index in [1.807, 2.05) is 12.1 Å². The van der Waals surface area contributed by atoms with Crippen molar-refractivity contribution in [2.45, 2.75) is 52.9 Å². The number of hydrogen-bond acceptors (Lipinski definition) is 3. The van der Waals surface area contributed by atoms with Gasteiger partial charge in [0.15, 0.2) is 5.78 Å². The van der Waals surface area contributed by atoms with E-state index in [1.54, 1.807) is 12.5 Å². The lowest BCUT2D eigenvalue weighted by Crippen LogP contribution is -2.54. The monoisotopic (exact) mass is 316 g/mol. The molecule has 1 aromatic rings. The summed E-state index contributed by atoms with van der Waals surface area (Å²) in [5.41, 5.74) is 2.23. The number of rotatable bonds is 4. The molecule has 4 atom stereocenters. The molecule has 1 heterocycles. The summed E-state index contributed by atoms with van der Waals surface area (Å²) in [5.74, 6) is 0.879. The molecule has 3 nitrogen and oxygen atoms in total. The van der Waals surface area contributed by atoms with Crippen molar-refractivity contribution in [3.05, 3.63) is 35.8 Å². The predicted octanol–water partition coefficient (Wildman–Crippen LogP) is 4.16. The van der Waals surface area contributed by atoms with E-state index < -0.39 is 0 Å². The van der Waals surface area contributed by atoms with Gasteiger partial charge in [0.2, 0.25) is 0 Å². The van der Waals surface area contributed by atoms with Crippen LogP contribution in [0.2, 0.25) is 0 Å². The van der Waals surface area contributed by atoms with Crippen molar-refractivity contribution in [1.29, 1.82) is 0 Å². The van der Waals surface area contributed by atoms with Gasteiger partial charge in [-0.2, -0.15) is 0 Å². The number of carbonyl (C=O) groups excluding carboxylic acids is 1. The van der Waals surface area contributed by atoms with E-state index in [0.717, 1.165) is 25.7 Å². The van der Waals surface area contributed by atoms with Gasteiger partial charge in [-0.25, -0.2) is 0 Å². The smallest absolute Gasteiger partial charge is 0.155 e. The third-order valence-corrected chi connectivity index (χ3v) is 6.98. The summed E-state index contributed by atoms with van der Waals surface area (Å²) in [7, 11) is 0. The van der Waals surface area contributed by atoms with Crippen LogP contribution in [0.25, 0.3) is 0 Å². The minimum atomic E-state index is -0.185. The SMILES string of the molecule is CC1=CC(=O)C[C@H]2[C@@](CO)(CCc3ccoc3)[C@H](C)CC[C@@]12C. The second kappa shape index (κ2) is 5.94. The fourth-order valence-electron chi connectivity index (χ4n) is 5.10. The van der Waals surface area contributed by atoms with E-state index in [9.17, 15) is 9.90 Å². The standard InChI is InChI=1S/C20H28O3/c1-14-4-7-19(3)15(2)10-17(22)11-18(19)20(14,13-21)8-5-16-6-9-23-12-16/h6,9-10,12,14,18,21H,4-5,7-8,11,13H2,1-3H3/t14-,18-,19+,20-/m1/s1. The highest BCUT2D eigenvalue weighted by molar-refractivity contribution is 5.92. The molecule has 0 unspecified atom stereocenters. The zero-order chi connectivity index (χ0) is 16.7. The molecule has 0 aromatic carbocycles. The van der Waals surface area contributed by atoms with Crippen molar-refractivity contribution in [2.24, 2.45) is 22.7 Å². The molecule has 0 aliphatic heterocycles. The Balaban J connectivity index is 1.95. The number of carbonyl (C=O) groups is 1. The van der Waals surface area contributed by atoms with Gasteiger partial charge >= 0.3 is 0 Å². The normalized spacial score (nSPS) is 37.4. The van der Waals surface area contributed by atoms with Gasteiger partial charge in [-0.3, -0.25) is 4.79 Å². The number of ketones is 1. The molecule has 126 valence electrons. The number of furan rings is 1. The summed E-state index contributed by atoms with van der Waals surface area (Å²) in [6.45, 7) is 6.80. The molecule has 2 aliphatic carbocycles. The van der Waals surface area contributed by atoms with Crippen molar-refractivity contribution in [1.82, 2.24) is 0 Å². The third-order valence-electron chi connectivity index (χ3n) is 6.98. The molecule has 0 saturated heterocycles. The van der Waals surface area contributed by atoms with E-state index in [4.69, 9.17) is 4.42 Å². The Morgan fingerprint density at radius 3 is 2.87 bits per heavy atom. The fourth-order valence-corrected chi connectivity index (χ4v) is 5.10. The second-order valence-corrected chi connectivity index (χ2v) is 7.93. The Morgan fingerprint density at radius 1 is 1.43 bits per heavy atom. The van der Waals surface area contributed by atoms with Crippen molar-refractivity contribution < 1.29 is 14.3 Å². The van der Waals surface area contributed by atoms with Crippen molar-refractivity contribution in [3.63, 3.8) is 0 Å². The molecule has 0 amide bonds. The molecule has 2 aliphatic rings. The maximum Gasteiger partial charge on any atom is 0.155 e. The zero-order valence-corrected chi connectivity index (χ0v) is 14.5. The third kappa shape index (κ3) is 2.59. The number of hydrogen-bond donors (Lipinski definition) is 1. The molecule has 1 fully saturated rings. The lowest BCUT2D eigenvalue weighted by Gasteiger charge is -2.58. The molecule has 3 rings (SSSR count). The van der Waals surface area contributed by atoms with Gasteiger partial charge in [0.05, 0.1) is 12.5 Å². The van der Waals surface area contributed by atoms with Gasteiger partial charge in [0, 0.05) is 18.4 Å². The van der Waals surface area contributed by atoms with Crippen molar-refractivity contribution in [3.8, 4) is 0 Å². The number of aryl methyl sites for hydroxylation is 1. The van der Waals surface area contributed by atoms with E-state index in [1.165, 1.54) is 11.1 Å². The summed E-state index contributed by atoms with van der Waals surface area (Å²) in [6, 6.07) is 1.99. The first-order chi connectivity index (χ1) is 10.9. The van der Waals surface area contributed by atoms with E-state index in [2.05, 4.69) is 20.8 Å². The van der Waals surface area contributed by atoms with Crippen LogP contribution in [0.1, 0.15) is 52.0 Å². The van der Waals surface area contributed by atoms with Crippen molar-refractivity contribution in [2.75, 3.05) is 6.61 Å². The first-order valence-electron chi connectivity index (χ1n) is 8.76. The van der Waals surface area contributed by atoms with Crippen LogP contribution in [0.3, 0.4) is 0 Å². The number of aliphatic hydroxyl groups excluding tert-OH is 1. The topological polar surface area (TPSA) is 50.4 Å². The predicted molar refractivity (Wildman–Crippen MR) is 89.9 cm³/mol. The summed E-state index contributed by atoms with van der Waals surface area (Å²) in [4.78, 5) is 12.2. The highest BCUT2D eigenvalue weighted by atomic mass is 16.3. The maximum absolute atomic E-state index is 12.2. The largest absolute Gasteiger partial charge is 0.472 e. The molecule has 1 aromatic heterocycles. The van der Waals surface area contributed by atoms with E-state index in [-0.39, 0.29) is 29.1 Å². The number of aliphatic hydroxyl groups is 1. The molecule has 1 N–H and O–H groups in total. The first kappa shape index (κ1) is 16.5. The number of allylic oxidation sites excluding steroid dienone is 2. The lowest BCUT2D eigenvalue weighted by molar-refractivity contribution is -0.129. The average molecular weight is 316 g/mol. The summed E-state index contributed by atoms with van der Waals surface area (Å²) < 4.78 is 5.18. The Morgan fingerprint density at radius 2 is 2.22 bits per heavy atom. The minimum absolute atomic E-state index is 0.0412. The van der Waals surface area contributed by atoms with Gasteiger partial charge in [-0.05, 0) is 67.6 Å². The van der Waals surface area contributed by atoms with Gasteiger partial charge in [-0.15, -0.1) is 0 Å². The van der Waals surface area contributed by atoms with Crippen LogP contribution in [-0.2, 0) is 11.2 Å². The average Bonchev–Trinajstić information content (AvgIpc) is 3.03. The number of fused-ring (bicyclic) bond motifs is 1. The van der Waals surface area contributed by atoms with Crippen LogP contribution in [0.4, 0.5) is 0 Å². The van der Waals surface area contributed by atoms with Gasteiger partial charge < -0.3 is 9.52 Å². The molecule has 0 radical (unpaired) electrons. The second-order valence-electron chi connectivity index (χ2n) is 7.93. The Kier molecular flexibility index (Phi) is 4.26. The molecular weight excluding hydrogens is 288 g/mol. The molecule has 0 spiro atoms. The molecule has 23 heavy (non-hydrogen) atoms. The Bertz CT molecular complexity index is 600. The summed E-state index contributed by atoms with van der Waals surface area (Å²) in [5, 5.41) is 10.4. The lowest BCUT2D eigenvalue weighted by atomic mass is 9.46. The van der Waals surface area contributed by atoms with E-state index >= 15 is 0 Å². The molecular formula is C20H28O3. The molecule has 1 saturated carbocycles. The van der Waals surface area contributed by atoms with Gasteiger partial charge in [0.1, 0.15) is 0 Å². The maximum atomic E-state index is 12.2. The first-order valence-corrected chi connectivity index (χ1v) is 8.76. The van der Waals surface area contributed by atoms with Gasteiger partial charge in [0.25, 0.3) is 0 Å².